The maximum absolute atomic E-state index is 11.8. The van der Waals surface area contributed by atoms with Crippen LogP contribution in [0.3, 0.4) is 0 Å². The van der Waals surface area contributed by atoms with E-state index in [4.69, 9.17) is 31.6 Å². The zero-order valence-electron chi connectivity index (χ0n) is 15.2. The van der Waals surface area contributed by atoms with Crippen LogP contribution in [0.1, 0.15) is 6.23 Å². The van der Waals surface area contributed by atoms with Crippen LogP contribution in [0.25, 0.3) is 11.2 Å². The van der Waals surface area contributed by atoms with E-state index in [1.54, 1.807) is 0 Å². The molecule has 0 bridgehead atoms. The predicted molar refractivity (Wildman–Crippen MR) is 101 cm³/mol. The molecular weight excluding hydrogens is 525 g/mol. The van der Waals surface area contributed by atoms with Crippen molar-refractivity contribution in [1.29, 1.82) is 0 Å². The summed E-state index contributed by atoms with van der Waals surface area (Å²) in [6.45, 7) is -0.998. The molecule has 6 atom stereocenters. The van der Waals surface area contributed by atoms with Crippen LogP contribution in [0, 0.1) is 4.64 Å². The first kappa shape index (κ1) is 25.5. The Hall–Kier alpha value is -1.14. The van der Waals surface area contributed by atoms with E-state index in [1.807, 2.05) is 0 Å². The summed E-state index contributed by atoms with van der Waals surface area (Å²) < 4.78 is 51.7. The smallest absolute Gasteiger partial charge is 0.387 e. The van der Waals surface area contributed by atoms with Gasteiger partial charge in [0.2, 0.25) is 0 Å². The standard InChI is InChI=1S/C10H15N4O14P3S/c15-5-3(1-25-30(21,22)28-31(23,24)27-29(18,19)20)26-9(6(5)16)14-2-11-4-7(14)12-10(17)13-8(4)32/h2-3,5-6,9,15-16H,1H2,(H,21,22)(H,23,24)(H2,18,19,20)(H2,12,13,17,32)/t3-,5?,6?,9-/m0/s1. The van der Waals surface area contributed by atoms with Gasteiger partial charge in [-0.05, 0) is 0 Å². The molecule has 18 nitrogen and oxygen atoms in total. The summed E-state index contributed by atoms with van der Waals surface area (Å²) in [5.41, 5.74) is -0.522. The first-order valence-electron chi connectivity index (χ1n) is 8.08. The summed E-state index contributed by atoms with van der Waals surface area (Å²) in [7, 11) is -16.8. The molecule has 2 aromatic heterocycles. The molecule has 0 amide bonds. The second-order valence-corrected chi connectivity index (χ2v) is 11.0. The molecule has 32 heavy (non-hydrogen) atoms. The summed E-state index contributed by atoms with van der Waals surface area (Å²) in [4.78, 5) is 55.9. The number of nitrogens with one attached hydrogen (secondary N) is 2. The first-order chi connectivity index (χ1) is 14.6. The maximum atomic E-state index is 11.8. The number of nitrogens with zero attached hydrogens (tertiary/aromatic N) is 2. The van der Waals surface area contributed by atoms with Gasteiger partial charge in [0.15, 0.2) is 6.23 Å². The molecule has 0 aliphatic carbocycles. The number of aliphatic hydroxyl groups is 2. The predicted octanol–water partition coefficient (Wildman–Crippen LogP) is -1.26. The van der Waals surface area contributed by atoms with Crippen LogP contribution in [-0.2, 0) is 31.6 Å². The average Bonchev–Trinajstić information content (AvgIpc) is 3.12. The van der Waals surface area contributed by atoms with Crippen molar-refractivity contribution in [1.82, 2.24) is 19.5 Å². The maximum Gasteiger partial charge on any atom is 0.490 e. The first-order valence-corrected chi connectivity index (χ1v) is 13.0. The van der Waals surface area contributed by atoms with Crippen molar-refractivity contribution >= 4 is 46.8 Å². The lowest BCUT2D eigenvalue weighted by Gasteiger charge is -2.19. The van der Waals surface area contributed by atoms with E-state index < -0.39 is 60.3 Å². The summed E-state index contributed by atoms with van der Waals surface area (Å²) >= 11 is 4.96. The molecule has 1 aliphatic heterocycles. The van der Waals surface area contributed by atoms with Crippen LogP contribution in [0.4, 0.5) is 0 Å². The van der Waals surface area contributed by atoms with Crippen LogP contribution < -0.4 is 5.69 Å². The third-order valence-electron chi connectivity index (χ3n) is 3.90. The number of aliphatic hydroxyl groups excluding tert-OH is 2. The fourth-order valence-corrected chi connectivity index (χ4v) is 5.98. The number of H-pyrrole nitrogens is 2. The number of hydrogen-bond acceptors (Lipinski definition) is 12. The van der Waals surface area contributed by atoms with Gasteiger partial charge >= 0.3 is 29.2 Å². The van der Waals surface area contributed by atoms with Gasteiger partial charge in [0.25, 0.3) is 0 Å². The molecule has 1 aliphatic rings. The number of aromatic nitrogens is 4. The van der Waals surface area contributed by atoms with E-state index in [9.17, 15) is 33.6 Å². The van der Waals surface area contributed by atoms with Gasteiger partial charge < -0.3 is 34.5 Å². The van der Waals surface area contributed by atoms with Crippen molar-refractivity contribution < 1.29 is 61.4 Å². The number of fused-ring (bicyclic) bond motifs is 1. The molecule has 3 rings (SSSR count). The number of phosphoric ester groups is 1. The summed E-state index contributed by atoms with van der Waals surface area (Å²) in [5, 5.41) is 20.4. The normalized spacial score (nSPS) is 27.9. The Kier molecular flexibility index (Phi) is 7.09. The third-order valence-corrected chi connectivity index (χ3v) is 8.00. The molecule has 0 aromatic carbocycles. The molecule has 4 unspecified atom stereocenters. The second-order valence-electron chi connectivity index (χ2n) is 6.19. The van der Waals surface area contributed by atoms with Crippen LogP contribution in [0.2, 0.25) is 0 Å². The van der Waals surface area contributed by atoms with Gasteiger partial charge in [-0.15, -0.1) is 0 Å². The quantitative estimate of drug-likeness (QED) is 0.143. The second kappa shape index (κ2) is 8.90. The van der Waals surface area contributed by atoms with E-state index in [0.717, 1.165) is 10.9 Å². The van der Waals surface area contributed by atoms with Crippen molar-refractivity contribution in [3.8, 4) is 0 Å². The molecule has 180 valence electrons. The summed E-state index contributed by atoms with van der Waals surface area (Å²) in [6, 6.07) is 0. The highest BCUT2D eigenvalue weighted by molar-refractivity contribution is 7.71. The Morgan fingerprint density at radius 2 is 1.75 bits per heavy atom. The Morgan fingerprint density at radius 3 is 2.38 bits per heavy atom. The lowest BCUT2D eigenvalue weighted by molar-refractivity contribution is -0.0503. The number of aromatic amines is 2. The molecule has 0 saturated carbocycles. The van der Waals surface area contributed by atoms with Gasteiger partial charge in [-0.1, -0.05) is 12.2 Å². The minimum Gasteiger partial charge on any atom is -0.387 e. The highest BCUT2D eigenvalue weighted by Crippen LogP contribution is 2.66. The van der Waals surface area contributed by atoms with Crippen molar-refractivity contribution in [3.63, 3.8) is 0 Å². The van der Waals surface area contributed by atoms with E-state index in [1.165, 1.54) is 0 Å². The van der Waals surface area contributed by atoms with Crippen molar-refractivity contribution in [3.05, 3.63) is 21.5 Å². The molecule has 1 saturated heterocycles. The van der Waals surface area contributed by atoms with Gasteiger partial charge in [0.1, 0.15) is 34.1 Å². The van der Waals surface area contributed by atoms with Gasteiger partial charge in [0.05, 0.1) is 12.9 Å². The lowest BCUT2D eigenvalue weighted by atomic mass is 10.1. The Labute approximate surface area is 180 Å². The molecule has 1 fully saturated rings. The molecule has 0 radical (unpaired) electrons. The van der Waals surface area contributed by atoms with Gasteiger partial charge in [-0.25, -0.2) is 23.5 Å². The number of phosphoric acid groups is 3. The third kappa shape index (κ3) is 5.85. The lowest BCUT2D eigenvalue weighted by Crippen LogP contribution is -2.33. The molecule has 0 spiro atoms. The highest BCUT2D eigenvalue weighted by atomic mass is 32.1. The van der Waals surface area contributed by atoms with Crippen LogP contribution in [-0.4, -0.2) is 74.2 Å². The zero-order chi connectivity index (χ0) is 24.1. The molecule has 22 heteroatoms. The van der Waals surface area contributed by atoms with Crippen molar-refractivity contribution in [2.75, 3.05) is 6.61 Å². The number of ether oxygens (including phenoxy) is 1. The molecule has 2 aromatic rings. The SMILES string of the molecule is O=c1[nH]c(=S)c2ncn([C@H]3O[C@@H](COP(=O)(O)OP(=O)(O)OP(=O)(O)O)C(O)C3O)c2[nH]1. The van der Waals surface area contributed by atoms with Gasteiger partial charge in [0, 0.05) is 0 Å². The van der Waals surface area contributed by atoms with Crippen LogP contribution >= 0.6 is 35.7 Å². The van der Waals surface area contributed by atoms with E-state index in [2.05, 4.69) is 28.1 Å². The van der Waals surface area contributed by atoms with E-state index in [0.29, 0.717) is 0 Å². The Balaban J connectivity index is 1.73. The molecule has 3 heterocycles. The van der Waals surface area contributed by atoms with Crippen LogP contribution in [0.5, 0.6) is 0 Å². The fourth-order valence-electron chi connectivity index (χ4n) is 2.71. The van der Waals surface area contributed by atoms with Gasteiger partial charge in [-0.2, -0.15) is 8.62 Å². The van der Waals surface area contributed by atoms with Crippen LogP contribution in [0.15, 0.2) is 11.1 Å². The largest absolute Gasteiger partial charge is 0.490 e. The number of imidazole rings is 1. The fraction of sp³-hybridized carbons (Fsp3) is 0.500. The zero-order valence-corrected chi connectivity index (χ0v) is 18.7. The highest BCUT2D eigenvalue weighted by Gasteiger charge is 2.46. The minimum atomic E-state index is -5.73. The topological polar surface area (TPSA) is 276 Å². The molecule has 8 N–H and O–H groups in total. The average molecular weight is 540 g/mol. The summed E-state index contributed by atoms with van der Waals surface area (Å²) in [6.07, 6.45) is -5.15. The monoisotopic (exact) mass is 540 g/mol. The Morgan fingerprint density at radius 1 is 1.09 bits per heavy atom. The molecular formula is C10H15N4O14P3S. The van der Waals surface area contributed by atoms with E-state index in [-0.39, 0.29) is 15.8 Å². The number of hydrogen-bond donors (Lipinski definition) is 8. The van der Waals surface area contributed by atoms with Crippen molar-refractivity contribution in [2.24, 2.45) is 0 Å². The summed E-state index contributed by atoms with van der Waals surface area (Å²) in [5.74, 6) is 0. The number of rotatable bonds is 8. The van der Waals surface area contributed by atoms with E-state index >= 15 is 0 Å². The van der Waals surface area contributed by atoms with Crippen molar-refractivity contribution in [2.45, 2.75) is 24.5 Å². The van der Waals surface area contributed by atoms with Gasteiger partial charge in [-0.3, -0.25) is 19.1 Å². The minimum absolute atomic E-state index is 0.0141. The Bertz CT molecular complexity index is 1270.